The molecule has 0 saturated carbocycles. The van der Waals surface area contributed by atoms with E-state index in [9.17, 15) is 18.0 Å². The number of anilines is 3. The highest BCUT2D eigenvalue weighted by molar-refractivity contribution is 8.15. The van der Waals surface area contributed by atoms with E-state index in [0.717, 1.165) is 10.6 Å². The maximum atomic E-state index is 12.8. The lowest BCUT2D eigenvalue weighted by molar-refractivity contribution is 0.102. The van der Waals surface area contributed by atoms with Gasteiger partial charge in [0.1, 0.15) is 6.61 Å². The number of sulfonamides is 1. The molecule has 4 rings (SSSR count). The molecule has 0 spiro atoms. The van der Waals surface area contributed by atoms with E-state index in [1.54, 1.807) is 42.5 Å². The molecule has 0 aromatic heterocycles. The van der Waals surface area contributed by atoms with E-state index in [1.807, 2.05) is 4.90 Å². The van der Waals surface area contributed by atoms with Crippen molar-refractivity contribution in [3.8, 4) is 0 Å². The fourth-order valence-electron chi connectivity index (χ4n) is 3.12. The van der Waals surface area contributed by atoms with Crippen molar-refractivity contribution in [2.24, 2.45) is 4.40 Å². The zero-order chi connectivity index (χ0) is 22.7. The number of hydrogen-bond acceptors (Lipinski definition) is 8. The number of carbonyl (C=O) groups excluding carboxylic acids is 2. The summed E-state index contributed by atoms with van der Waals surface area (Å²) in [6.45, 7) is 0.759. The van der Waals surface area contributed by atoms with Crippen molar-refractivity contribution in [2.45, 2.75) is 4.90 Å². The molecule has 2 aromatic carbocycles. The Bertz CT molecular complexity index is 1200. The molecule has 10 nitrogen and oxygen atoms in total. The second kappa shape index (κ2) is 9.18. The highest BCUT2D eigenvalue weighted by Crippen LogP contribution is 2.42. The topological polar surface area (TPSA) is 126 Å². The lowest BCUT2D eigenvalue weighted by atomic mass is 10.1. The Morgan fingerprint density at radius 3 is 2.69 bits per heavy atom. The van der Waals surface area contributed by atoms with Crippen LogP contribution in [0.3, 0.4) is 0 Å². The van der Waals surface area contributed by atoms with Crippen molar-refractivity contribution in [1.29, 1.82) is 0 Å². The maximum Gasteiger partial charge on any atom is 0.411 e. The first-order valence-corrected chi connectivity index (χ1v) is 12.0. The molecule has 2 heterocycles. The van der Waals surface area contributed by atoms with Crippen LogP contribution in [0.5, 0.6) is 0 Å². The number of amidine groups is 1. The van der Waals surface area contributed by atoms with Gasteiger partial charge in [-0.25, -0.2) is 13.2 Å². The lowest BCUT2D eigenvalue weighted by Crippen LogP contribution is -2.35. The Morgan fingerprint density at radius 1 is 1.12 bits per heavy atom. The van der Waals surface area contributed by atoms with Gasteiger partial charge in [-0.1, -0.05) is 6.07 Å². The van der Waals surface area contributed by atoms with Crippen LogP contribution in [-0.4, -0.2) is 58.2 Å². The third-order valence-electron chi connectivity index (χ3n) is 4.62. The molecule has 2 aliphatic heterocycles. The van der Waals surface area contributed by atoms with Crippen LogP contribution in [0.2, 0.25) is 0 Å². The van der Waals surface area contributed by atoms with Gasteiger partial charge in [-0.3, -0.25) is 10.1 Å². The summed E-state index contributed by atoms with van der Waals surface area (Å²) in [6, 6.07) is 11.8. The molecule has 0 saturated heterocycles. The Labute approximate surface area is 189 Å². The summed E-state index contributed by atoms with van der Waals surface area (Å²) < 4.78 is 37.1. The number of carbonyl (C=O) groups is 2. The Kier molecular flexibility index (Phi) is 6.35. The molecule has 168 valence electrons. The first-order valence-electron chi connectivity index (χ1n) is 9.61. The minimum absolute atomic E-state index is 0.0387. The van der Waals surface area contributed by atoms with Gasteiger partial charge in [-0.2, -0.15) is 0 Å². The number of nitrogens with one attached hydrogen (secondary N) is 2. The van der Waals surface area contributed by atoms with Gasteiger partial charge in [0.2, 0.25) is 0 Å². The second-order valence-corrected chi connectivity index (χ2v) is 9.65. The minimum atomic E-state index is -3.44. The number of rotatable bonds is 6. The van der Waals surface area contributed by atoms with E-state index in [0.29, 0.717) is 35.3 Å². The summed E-state index contributed by atoms with van der Waals surface area (Å²) in [4.78, 5) is 27.1. The van der Waals surface area contributed by atoms with Gasteiger partial charge in [0, 0.05) is 35.5 Å². The van der Waals surface area contributed by atoms with Crippen molar-refractivity contribution in [3.63, 3.8) is 0 Å². The van der Waals surface area contributed by atoms with Crippen LogP contribution in [0.15, 0.2) is 51.8 Å². The van der Waals surface area contributed by atoms with Gasteiger partial charge >= 0.3 is 6.09 Å². The predicted octanol–water partition coefficient (Wildman–Crippen LogP) is 2.75. The van der Waals surface area contributed by atoms with Crippen molar-refractivity contribution < 1.29 is 27.5 Å². The van der Waals surface area contributed by atoms with Gasteiger partial charge in [-0.15, -0.1) is 4.40 Å². The molecule has 0 unspecified atom stereocenters. The fourth-order valence-corrected chi connectivity index (χ4v) is 5.42. The summed E-state index contributed by atoms with van der Waals surface area (Å²) >= 11 is 1.22. The van der Waals surface area contributed by atoms with E-state index in [2.05, 4.69) is 15.0 Å². The van der Waals surface area contributed by atoms with E-state index >= 15 is 0 Å². The Morgan fingerprint density at radius 2 is 1.91 bits per heavy atom. The van der Waals surface area contributed by atoms with Crippen LogP contribution < -0.4 is 15.5 Å². The molecule has 12 heteroatoms. The number of hydrogen-bond donors (Lipinski definition) is 2. The number of methoxy groups -OCH3 is 1. The van der Waals surface area contributed by atoms with Crippen LogP contribution in [0.1, 0.15) is 10.4 Å². The molecule has 2 aromatic rings. The fraction of sp³-hybridized carbons (Fsp3) is 0.250. The lowest BCUT2D eigenvalue weighted by Gasteiger charge is -2.22. The second-order valence-electron chi connectivity index (χ2n) is 6.88. The van der Waals surface area contributed by atoms with E-state index in [1.165, 1.54) is 18.9 Å². The first-order chi connectivity index (χ1) is 15.3. The summed E-state index contributed by atoms with van der Waals surface area (Å²) in [6.07, 6.45) is -0.623. The van der Waals surface area contributed by atoms with E-state index in [4.69, 9.17) is 9.47 Å². The highest BCUT2D eigenvalue weighted by Gasteiger charge is 2.33. The summed E-state index contributed by atoms with van der Waals surface area (Å²) in [7, 11) is -1.93. The minimum Gasteiger partial charge on any atom is -0.447 e. The number of amides is 2. The van der Waals surface area contributed by atoms with Crippen LogP contribution in [0.25, 0.3) is 0 Å². The van der Waals surface area contributed by atoms with Crippen LogP contribution >= 0.6 is 11.8 Å². The number of fused-ring (bicyclic) bond motifs is 3. The molecule has 0 fully saturated rings. The third-order valence-corrected chi connectivity index (χ3v) is 6.93. The Hall–Kier alpha value is -3.09. The molecule has 0 aliphatic carbocycles. The van der Waals surface area contributed by atoms with Gasteiger partial charge < -0.3 is 19.7 Å². The average Bonchev–Trinajstić information content (AvgIpc) is 3.09. The molecular formula is C20H20N4O6S2. The SMILES string of the molecule is COCCOC(=O)Nc1cccc(NC(=O)c2ccc3c(c2)SC2=NS(=O)(=O)CCN23)c1. The number of nitrogens with zero attached hydrogens (tertiary/aromatic N) is 2. The Balaban J connectivity index is 1.43. The third kappa shape index (κ3) is 5.03. The average molecular weight is 477 g/mol. The molecule has 0 radical (unpaired) electrons. The van der Waals surface area contributed by atoms with Crippen LogP contribution in [0, 0.1) is 0 Å². The number of thioether (sulfide) groups is 1. The zero-order valence-electron chi connectivity index (χ0n) is 17.0. The van der Waals surface area contributed by atoms with Gasteiger partial charge in [0.25, 0.3) is 15.9 Å². The smallest absolute Gasteiger partial charge is 0.411 e. The molecular weight excluding hydrogens is 456 g/mol. The predicted molar refractivity (Wildman–Crippen MR) is 122 cm³/mol. The van der Waals surface area contributed by atoms with Gasteiger partial charge in [0.05, 0.1) is 18.0 Å². The molecule has 0 atom stereocenters. The standard InChI is InChI=1S/C20H20N4O6S2/c1-29-8-9-30-20(26)22-15-4-2-3-14(12-15)21-18(25)13-5-6-16-17(11-13)31-19-23-32(27,28)10-7-24(16)19/h2-6,11-12H,7-10H2,1H3,(H,21,25)(H,22,26). The molecule has 32 heavy (non-hydrogen) atoms. The molecule has 2 aliphatic rings. The van der Waals surface area contributed by atoms with Gasteiger partial charge in [-0.05, 0) is 48.2 Å². The monoisotopic (exact) mass is 476 g/mol. The summed E-state index contributed by atoms with van der Waals surface area (Å²) in [5.74, 6) is -0.379. The van der Waals surface area contributed by atoms with E-state index in [-0.39, 0.29) is 18.3 Å². The zero-order valence-corrected chi connectivity index (χ0v) is 18.7. The van der Waals surface area contributed by atoms with Crippen LogP contribution in [-0.2, 0) is 19.5 Å². The first kappa shape index (κ1) is 22.1. The molecule has 0 bridgehead atoms. The van der Waals surface area contributed by atoms with Crippen molar-refractivity contribution in [3.05, 3.63) is 48.0 Å². The normalized spacial score (nSPS) is 15.9. The molecule has 2 N–H and O–H groups in total. The highest BCUT2D eigenvalue weighted by atomic mass is 32.2. The van der Waals surface area contributed by atoms with Crippen molar-refractivity contribution in [2.75, 3.05) is 48.2 Å². The largest absolute Gasteiger partial charge is 0.447 e. The van der Waals surface area contributed by atoms with Crippen LogP contribution in [0.4, 0.5) is 21.9 Å². The number of ether oxygens (including phenoxy) is 2. The summed E-state index contributed by atoms with van der Waals surface area (Å²) in [5.41, 5.74) is 2.20. The van der Waals surface area contributed by atoms with E-state index < -0.39 is 16.1 Å². The number of benzene rings is 2. The summed E-state index contributed by atoms with van der Waals surface area (Å²) in [5, 5.41) is 5.78. The quantitative estimate of drug-likeness (QED) is 0.610. The maximum absolute atomic E-state index is 12.8. The van der Waals surface area contributed by atoms with Crippen molar-refractivity contribution in [1.82, 2.24) is 0 Å². The van der Waals surface area contributed by atoms with Gasteiger partial charge in [0.15, 0.2) is 5.17 Å². The van der Waals surface area contributed by atoms with Crippen molar-refractivity contribution >= 4 is 56.0 Å². The molecule has 2 amide bonds.